The minimum absolute atomic E-state index is 0.426. The average molecular weight is 404 g/mol. The van der Waals surface area contributed by atoms with Crippen molar-refractivity contribution in [2.45, 2.75) is 24.4 Å². The molecule has 6 nitrogen and oxygen atoms in total. The molecule has 2 aromatic carbocycles. The first kappa shape index (κ1) is 19.0. The summed E-state index contributed by atoms with van der Waals surface area (Å²) in [6.45, 7) is 2.61. The van der Waals surface area contributed by atoms with Crippen molar-refractivity contribution in [3.63, 3.8) is 0 Å². The van der Waals surface area contributed by atoms with Crippen LogP contribution in [0, 0.1) is 6.92 Å². The first-order valence-electron chi connectivity index (χ1n) is 9.15. The van der Waals surface area contributed by atoms with Gasteiger partial charge in [-0.3, -0.25) is 9.36 Å². The van der Waals surface area contributed by atoms with Crippen molar-refractivity contribution >= 4 is 17.7 Å². The van der Waals surface area contributed by atoms with Crippen molar-refractivity contribution in [3.05, 3.63) is 89.4 Å². The van der Waals surface area contributed by atoms with Crippen LogP contribution in [0.5, 0.6) is 0 Å². The molecule has 0 saturated carbocycles. The van der Waals surface area contributed by atoms with E-state index in [4.69, 9.17) is 10.2 Å². The molecule has 2 aromatic heterocycles. The molecule has 0 aliphatic heterocycles. The van der Waals surface area contributed by atoms with Crippen LogP contribution >= 0.6 is 11.8 Å². The van der Waals surface area contributed by atoms with Crippen LogP contribution in [0.2, 0.25) is 0 Å². The van der Waals surface area contributed by atoms with E-state index in [0.29, 0.717) is 17.9 Å². The Hall–Kier alpha value is -3.32. The van der Waals surface area contributed by atoms with E-state index in [-0.39, 0.29) is 0 Å². The number of hydrogen-bond donors (Lipinski definition) is 1. The van der Waals surface area contributed by atoms with Crippen molar-refractivity contribution in [1.82, 2.24) is 14.8 Å². The molecule has 0 unspecified atom stereocenters. The maximum Gasteiger partial charge on any atom is 0.248 e. The van der Waals surface area contributed by atoms with Gasteiger partial charge in [-0.1, -0.05) is 48.2 Å². The van der Waals surface area contributed by atoms with Crippen LogP contribution in [0.3, 0.4) is 0 Å². The number of nitrogens with zero attached hydrogens (tertiary/aromatic N) is 3. The van der Waals surface area contributed by atoms with Crippen LogP contribution in [0.15, 0.2) is 76.5 Å². The zero-order valence-corrected chi connectivity index (χ0v) is 16.7. The van der Waals surface area contributed by atoms with Gasteiger partial charge in [0.25, 0.3) is 0 Å². The number of benzene rings is 2. The maximum absolute atomic E-state index is 11.2. The van der Waals surface area contributed by atoms with Gasteiger partial charge in [-0.05, 0) is 42.3 Å². The van der Waals surface area contributed by atoms with Crippen molar-refractivity contribution in [3.8, 4) is 11.4 Å². The summed E-state index contributed by atoms with van der Waals surface area (Å²) >= 11 is 1.59. The molecular formula is C22H20N4O2S. The SMILES string of the molecule is Cc1ccccc1-c1nnc(SCc2ccc(C(N)=O)cc2)n1Cc1ccco1. The van der Waals surface area contributed by atoms with E-state index in [0.717, 1.165) is 33.4 Å². The molecule has 0 radical (unpaired) electrons. The van der Waals surface area contributed by atoms with Gasteiger partial charge in [-0.15, -0.1) is 10.2 Å². The number of hydrogen-bond acceptors (Lipinski definition) is 5. The van der Waals surface area contributed by atoms with Crippen LogP contribution in [0.4, 0.5) is 0 Å². The Morgan fingerprint density at radius 3 is 2.55 bits per heavy atom. The molecule has 7 heteroatoms. The topological polar surface area (TPSA) is 86.9 Å². The van der Waals surface area contributed by atoms with Gasteiger partial charge in [-0.25, -0.2) is 0 Å². The second-order valence-electron chi connectivity index (χ2n) is 6.64. The summed E-state index contributed by atoms with van der Waals surface area (Å²) < 4.78 is 7.62. The third-order valence-electron chi connectivity index (χ3n) is 4.60. The Labute approximate surface area is 172 Å². The first-order chi connectivity index (χ1) is 14.1. The highest BCUT2D eigenvalue weighted by Crippen LogP contribution is 2.29. The highest BCUT2D eigenvalue weighted by Gasteiger charge is 2.17. The lowest BCUT2D eigenvalue weighted by atomic mass is 10.1. The lowest BCUT2D eigenvalue weighted by molar-refractivity contribution is 0.100. The zero-order chi connectivity index (χ0) is 20.2. The fourth-order valence-electron chi connectivity index (χ4n) is 3.03. The van der Waals surface area contributed by atoms with Crippen molar-refractivity contribution in [2.24, 2.45) is 5.73 Å². The van der Waals surface area contributed by atoms with E-state index in [1.807, 2.05) is 36.4 Å². The predicted octanol–water partition coefficient (Wildman–Crippen LogP) is 4.29. The molecule has 1 amide bonds. The van der Waals surface area contributed by atoms with E-state index in [1.165, 1.54) is 0 Å². The van der Waals surface area contributed by atoms with E-state index in [2.05, 4.69) is 33.8 Å². The molecule has 29 heavy (non-hydrogen) atoms. The number of amides is 1. The fourth-order valence-corrected chi connectivity index (χ4v) is 3.93. The standard InChI is InChI=1S/C22H20N4O2S/c1-15-5-2-3-7-19(15)21-24-25-22(26(21)13-18-6-4-12-28-18)29-14-16-8-10-17(11-9-16)20(23)27/h2-12H,13-14H2,1H3,(H2,23,27). The van der Waals surface area contributed by atoms with Crippen LogP contribution < -0.4 is 5.73 Å². The van der Waals surface area contributed by atoms with Crippen molar-refractivity contribution in [1.29, 1.82) is 0 Å². The lowest BCUT2D eigenvalue weighted by Gasteiger charge is -2.10. The van der Waals surface area contributed by atoms with Gasteiger partial charge in [0.05, 0.1) is 12.8 Å². The van der Waals surface area contributed by atoms with Gasteiger partial charge in [0.2, 0.25) is 5.91 Å². The number of thioether (sulfide) groups is 1. The normalized spacial score (nSPS) is 10.9. The Bertz CT molecular complexity index is 1120. The number of primary amides is 1. The fraction of sp³-hybridized carbons (Fsp3) is 0.136. The third kappa shape index (κ3) is 4.25. The van der Waals surface area contributed by atoms with Gasteiger partial charge in [-0.2, -0.15) is 0 Å². The minimum atomic E-state index is -0.426. The molecule has 4 aromatic rings. The summed E-state index contributed by atoms with van der Waals surface area (Å²) in [5, 5.41) is 9.71. The largest absolute Gasteiger partial charge is 0.467 e. The second kappa shape index (κ2) is 8.36. The third-order valence-corrected chi connectivity index (χ3v) is 5.64. The summed E-state index contributed by atoms with van der Waals surface area (Å²) in [6, 6.07) is 19.2. The molecule has 0 atom stereocenters. The Morgan fingerprint density at radius 1 is 1.07 bits per heavy atom. The number of carbonyl (C=O) groups excluding carboxylic acids is 1. The van der Waals surface area contributed by atoms with Gasteiger partial charge >= 0.3 is 0 Å². The molecule has 4 rings (SSSR count). The predicted molar refractivity (Wildman–Crippen MR) is 113 cm³/mol. The van der Waals surface area contributed by atoms with Gasteiger partial charge in [0.1, 0.15) is 5.76 Å². The number of rotatable bonds is 7. The number of nitrogens with two attached hydrogens (primary N) is 1. The molecule has 0 fully saturated rings. The first-order valence-corrected chi connectivity index (χ1v) is 10.1. The van der Waals surface area contributed by atoms with E-state index >= 15 is 0 Å². The highest BCUT2D eigenvalue weighted by atomic mass is 32.2. The monoisotopic (exact) mass is 404 g/mol. The molecule has 0 aliphatic rings. The van der Waals surface area contributed by atoms with E-state index < -0.39 is 5.91 Å². The van der Waals surface area contributed by atoms with Gasteiger partial charge < -0.3 is 10.2 Å². The summed E-state index contributed by atoms with van der Waals surface area (Å²) in [7, 11) is 0. The lowest BCUT2D eigenvalue weighted by Crippen LogP contribution is -2.10. The zero-order valence-electron chi connectivity index (χ0n) is 15.9. The molecule has 0 spiro atoms. The van der Waals surface area contributed by atoms with Crippen LogP contribution in [0.1, 0.15) is 27.2 Å². The summed E-state index contributed by atoms with van der Waals surface area (Å²) in [4.78, 5) is 11.2. The highest BCUT2D eigenvalue weighted by molar-refractivity contribution is 7.98. The Morgan fingerprint density at radius 2 is 1.86 bits per heavy atom. The maximum atomic E-state index is 11.2. The summed E-state index contributed by atoms with van der Waals surface area (Å²) in [5.74, 6) is 1.92. The summed E-state index contributed by atoms with van der Waals surface area (Å²) in [6.07, 6.45) is 1.67. The van der Waals surface area contributed by atoms with Crippen molar-refractivity contribution in [2.75, 3.05) is 0 Å². The van der Waals surface area contributed by atoms with Crippen LogP contribution in [0.25, 0.3) is 11.4 Å². The summed E-state index contributed by atoms with van der Waals surface area (Å²) in [5.41, 5.74) is 9.07. The molecule has 2 heterocycles. The quantitative estimate of drug-likeness (QED) is 0.465. The molecule has 0 bridgehead atoms. The van der Waals surface area contributed by atoms with Gasteiger partial charge in [0, 0.05) is 16.9 Å². The average Bonchev–Trinajstić information content (AvgIpc) is 3.38. The second-order valence-corrected chi connectivity index (χ2v) is 7.58. The number of aromatic nitrogens is 3. The molecule has 2 N–H and O–H groups in total. The molecule has 0 aliphatic carbocycles. The molecule has 0 saturated heterocycles. The molecule has 146 valence electrons. The smallest absolute Gasteiger partial charge is 0.248 e. The number of carbonyl (C=O) groups is 1. The number of furan rings is 1. The van der Waals surface area contributed by atoms with Crippen LogP contribution in [-0.4, -0.2) is 20.7 Å². The minimum Gasteiger partial charge on any atom is -0.467 e. The number of aryl methyl sites for hydroxylation is 1. The Kier molecular flexibility index (Phi) is 5.48. The Balaban J connectivity index is 1.62. The molecular weight excluding hydrogens is 384 g/mol. The van der Waals surface area contributed by atoms with E-state index in [9.17, 15) is 4.79 Å². The van der Waals surface area contributed by atoms with Crippen LogP contribution in [-0.2, 0) is 12.3 Å². The van der Waals surface area contributed by atoms with E-state index in [1.54, 1.807) is 30.2 Å². The van der Waals surface area contributed by atoms with Crippen molar-refractivity contribution < 1.29 is 9.21 Å². The van der Waals surface area contributed by atoms with Gasteiger partial charge in [0.15, 0.2) is 11.0 Å².